The Morgan fingerprint density at radius 1 is 0.338 bits per heavy atom. The van der Waals surface area contributed by atoms with Gasteiger partial charge in [-0.15, -0.1) is 0 Å². The van der Waals surface area contributed by atoms with Crippen molar-refractivity contribution in [3.63, 3.8) is 0 Å². The number of aliphatic hydroxyl groups excluding tert-OH is 2. The van der Waals surface area contributed by atoms with Gasteiger partial charge in [0.25, 0.3) is 0 Å². The van der Waals surface area contributed by atoms with Gasteiger partial charge in [-0.3, -0.25) is 9.59 Å². The predicted molar refractivity (Wildman–Crippen MR) is 352 cm³/mol. The van der Waals surface area contributed by atoms with Crippen LogP contribution in [-0.2, 0) is 14.3 Å². The van der Waals surface area contributed by atoms with Gasteiger partial charge in [-0.05, 0) is 51.4 Å². The van der Waals surface area contributed by atoms with E-state index in [-0.39, 0.29) is 18.5 Å². The fraction of sp³-hybridized carbons (Fsp3) is 0.946. The summed E-state index contributed by atoms with van der Waals surface area (Å²) in [5.74, 6) is -0.0125. The first-order valence-corrected chi connectivity index (χ1v) is 36.9. The van der Waals surface area contributed by atoms with Gasteiger partial charge in [-0.25, -0.2) is 0 Å². The summed E-state index contributed by atoms with van der Waals surface area (Å²) < 4.78 is 5.51. The zero-order chi connectivity index (χ0) is 57.8. The SMILES string of the molecule is CCCCCCCC/C=C\CCCCCCCCCC(=O)OCCCCCCCCCCCCCCCCCCCCCCCCCCCCC(=O)NC(CO)C(O)CCCCCCCCCCCCCCCCCCCCCC. The lowest BCUT2D eigenvalue weighted by Crippen LogP contribution is -2.45. The fourth-order valence-electron chi connectivity index (χ4n) is 11.9. The number of nitrogens with one attached hydrogen (secondary N) is 1. The summed E-state index contributed by atoms with van der Waals surface area (Å²) in [5.41, 5.74) is 0. The molecule has 0 heterocycles. The Balaban J connectivity index is 3.34. The lowest BCUT2D eigenvalue weighted by atomic mass is 10.0. The standard InChI is InChI=1S/C74H145NO5/c1-3-5-7-9-11-13-15-17-19-21-22-31-35-38-42-46-50-54-58-62-66-72(77)71(70-76)75-73(78)67-63-59-55-51-47-43-39-36-32-29-27-25-23-24-26-28-30-33-37-41-45-49-53-57-61-65-69-80-74(79)68-64-60-56-52-48-44-40-34-20-18-16-14-12-10-8-6-4-2/h18,20,71-72,76-77H,3-17,19,21-70H2,1-2H3,(H,75,78)/b20-18-. The van der Waals surface area contributed by atoms with Crippen LogP contribution in [0.25, 0.3) is 0 Å². The van der Waals surface area contributed by atoms with Crippen LogP contribution in [0, 0.1) is 0 Å². The third-order valence-corrected chi connectivity index (χ3v) is 17.6. The second-order valence-corrected chi connectivity index (χ2v) is 25.6. The van der Waals surface area contributed by atoms with Gasteiger partial charge in [0, 0.05) is 12.8 Å². The van der Waals surface area contributed by atoms with Gasteiger partial charge in [-0.2, -0.15) is 0 Å². The van der Waals surface area contributed by atoms with Crippen molar-refractivity contribution in [3.05, 3.63) is 12.2 Å². The van der Waals surface area contributed by atoms with Crippen LogP contribution in [0.5, 0.6) is 0 Å². The van der Waals surface area contributed by atoms with Gasteiger partial charge in [0.15, 0.2) is 0 Å². The number of rotatable bonds is 70. The molecule has 0 spiro atoms. The molecule has 0 aromatic carbocycles. The number of hydrogen-bond acceptors (Lipinski definition) is 5. The van der Waals surface area contributed by atoms with Gasteiger partial charge in [-0.1, -0.05) is 373 Å². The summed E-state index contributed by atoms with van der Waals surface area (Å²) in [6, 6.07) is -0.540. The number of ether oxygens (including phenoxy) is 1. The molecule has 0 aliphatic rings. The minimum Gasteiger partial charge on any atom is -0.466 e. The Morgan fingerprint density at radius 2 is 0.588 bits per heavy atom. The molecule has 0 aromatic heterocycles. The van der Waals surface area contributed by atoms with E-state index in [4.69, 9.17) is 4.74 Å². The second-order valence-electron chi connectivity index (χ2n) is 25.6. The lowest BCUT2D eigenvalue weighted by molar-refractivity contribution is -0.143. The van der Waals surface area contributed by atoms with E-state index in [9.17, 15) is 19.8 Å². The lowest BCUT2D eigenvalue weighted by Gasteiger charge is -2.22. The first-order valence-electron chi connectivity index (χ1n) is 36.9. The normalized spacial score (nSPS) is 12.5. The average Bonchev–Trinajstić information content (AvgIpc) is 3.46. The number of amides is 1. The summed E-state index contributed by atoms with van der Waals surface area (Å²) in [6.07, 6.45) is 87.0. The van der Waals surface area contributed by atoms with Gasteiger partial charge in [0.2, 0.25) is 5.91 Å². The molecule has 0 aliphatic heterocycles. The van der Waals surface area contributed by atoms with Crippen molar-refractivity contribution in [1.29, 1.82) is 0 Å². The van der Waals surface area contributed by atoms with Crippen LogP contribution < -0.4 is 5.32 Å². The molecule has 2 atom stereocenters. The third-order valence-electron chi connectivity index (χ3n) is 17.6. The molecule has 476 valence electrons. The maximum atomic E-state index is 12.5. The summed E-state index contributed by atoms with van der Waals surface area (Å²) in [4.78, 5) is 24.7. The van der Waals surface area contributed by atoms with Crippen LogP contribution in [-0.4, -0.2) is 47.4 Å². The maximum absolute atomic E-state index is 12.5. The molecule has 0 rings (SSSR count). The maximum Gasteiger partial charge on any atom is 0.305 e. The Labute approximate surface area is 501 Å². The van der Waals surface area contributed by atoms with E-state index in [1.54, 1.807) is 0 Å². The summed E-state index contributed by atoms with van der Waals surface area (Å²) in [5, 5.41) is 23.4. The van der Waals surface area contributed by atoms with Crippen molar-refractivity contribution in [3.8, 4) is 0 Å². The van der Waals surface area contributed by atoms with E-state index in [0.29, 0.717) is 25.9 Å². The zero-order valence-corrected chi connectivity index (χ0v) is 54.6. The minimum atomic E-state index is -0.663. The minimum absolute atomic E-state index is 0.0152. The molecule has 3 N–H and O–H groups in total. The van der Waals surface area contributed by atoms with Crippen molar-refractivity contribution in [2.75, 3.05) is 13.2 Å². The number of esters is 1. The van der Waals surface area contributed by atoms with Crippen LogP contribution in [0.1, 0.15) is 425 Å². The predicted octanol–water partition coefficient (Wildman–Crippen LogP) is 23.9. The monoisotopic (exact) mass is 1130 g/mol. The molecule has 0 aliphatic carbocycles. The molecule has 6 heteroatoms. The van der Waals surface area contributed by atoms with Gasteiger partial charge in [0.1, 0.15) is 0 Å². The second kappa shape index (κ2) is 70.1. The summed E-state index contributed by atoms with van der Waals surface area (Å²) in [6.45, 7) is 5.00. The first-order chi connectivity index (χ1) is 39.5. The number of carbonyl (C=O) groups excluding carboxylic acids is 2. The Kier molecular flexibility index (Phi) is 68.9. The molecule has 1 amide bonds. The highest BCUT2D eigenvalue weighted by Crippen LogP contribution is 2.20. The van der Waals surface area contributed by atoms with E-state index in [0.717, 1.165) is 44.9 Å². The van der Waals surface area contributed by atoms with Crippen molar-refractivity contribution in [1.82, 2.24) is 5.32 Å². The highest BCUT2D eigenvalue weighted by atomic mass is 16.5. The summed E-state index contributed by atoms with van der Waals surface area (Å²) >= 11 is 0. The number of unbranched alkanes of at least 4 members (excludes halogenated alkanes) is 57. The molecular weight excluding hydrogens is 983 g/mol. The molecule has 0 bridgehead atoms. The van der Waals surface area contributed by atoms with Crippen molar-refractivity contribution in [2.24, 2.45) is 0 Å². The Morgan fingerprint density at radius 3 is 0.887 bits per heavy atom. The zero-order valence-electron chi connectivity index (χ0n) is 54.6. The third kappa shape index (κ3) is 65.7. The van der Waals surface area contributed by atoms with E-state index in [1.807, 2.05) is 0 Å². The average molecular weight is 1130 g/mol. The summed E-state index contributed by atoms with van der Waals surface area (Å²) in [7, 11) is 0. The fourth-order valence-corrected chi connectivity index (χ4v) is 11.9. The van der Waals surface area contributed by atoms with Crippen molar-refractivity contribution >= 4 is 11.9 Å². The van der Waals surface area contributed by atoms with E-state index in [1.165, 1.54) is 347 Å². The van der Waals surface area contributed by atoms with Crippen LogP contribution in [0.4, 0.5) is 0 Å². The largest absolute Gasteiger partial charge is 0.466 e. The molecule has 0 fully saturated rings. The van der Waals surface area contributed by atoms with Gasteiger partial charge < -0.3 is 20.3 Å². The molecule has 6 nitrogen and oxygen atoms in total. The van der Waals surface area contributed by atoms with Gasteiger partial charge in [0.05, 0.1) is 25.4 Å². The Bertz CT molecular complexity index is 1210. The first kappa shape index (κ1) is 78.6. The van der Waals surface area contributed by atoms with E-state index < -0.39 is 12.1 Å². The molecule has 0 saturated heterocycles. The number of allylic oxidation sites excluding steroid dienone is 2. The quantitative estimate of drug-likeness (QED) is 0.0320. The molecular formula is C74H145NO5. The molecule has 0 aromatic rings. The van der Waals surface area contributed by atoms with Crippen LogP contribution >= 0.6 is 0 Å². The van der Waals surface area contributed by atoms with E-state index in [2.05, 4.69) is 31.3 Å². The number of aliphatic hydroxyl groups is 2. The Hall–Kier alpha value is -1.40. The number of carbonyl (C=O) groups is 2. The highest BCUT2D eigenvalue weighted by molar-refractivity contribution is 5.76. The van der Waals surface area contributed by atoms with Gasteiger partial charge >= 0.3 is 5.97 Å². The van der Waals surface area contributed by atoms with Crippen molar-refractivity contribution in [2.45, 2.75) is 437 Å². The molecule has 80 heavy (non-hydrogen) atoms. The van der Waals surface area contributed by atoms with E-state index >= 15 is 0 Å². The van der Waals surface area contributed by atoms with Crippen molar-refractivity contribution < 1.29 is 24.5 Å². The van der Waals surface area contributed by atoms with Crippen LogP contribution in [0.2, 0.25) is 0 Å². The topological polar surface area (TPSA) is 95.9 Å². The number of hydrogen-bond donors (Lipinski definition) is 3. The van der Waals surface area contributed by atoms with Crippen LogP contribution in [0.15, 0.2) is 12.2 Å². The van der Waals surface area contributed by atoms with Crippen LogP contribution in [0.3, 0.4) is 0 Å². The highest BCUT2D eigenvalue weighted by Gasteiger charge is 2.20. The molecule has 0 radical (unpaired) electrons. The molecule has 2 unspecified atom stereocenters. The smallest absolute Gasteiger partial charge is 0.305 e. The molecule has 0 saturated carbocycles.